The zero-order valence-corrected chi connectivity index (χ0v) is 13.5. The zero-order chi connectivity index (χ0) is 14.4. The lowest BCUT2D eigenvalue weighted by Gasteiger charge is -2.24. The van der Waals surface area contributed by atoms with Crippen LogP contribution in [0.5, 0.6) is 0 Å². The van der Waals surface area contributed by atoms with Crippen LogP contribution in [0, 0.1) is 5.92 Å². The first kappa shape index (κ1) is 16.0. The average Bonchev–Trinajstić information content (AvgIpc) is 2.38. The van der Waals surface area contributed by atoms with Gasteiger partial charge in [0.05, 0.1) is 11.6 Å². The van der Waals surface area contributed by atoms with Gasteiger partial charge in [-0.3, -0.25) is 4.79 Å². The Balaban J connectivity index is 2.76. The van der Waals surface area contributed by atoms with Crippen molar-refractivity contribution in [2.45, 2.75) is 13.5 Å². The molecule has 1 rings (SSSR count). The third-order valence-corrected chi connectivity index (χ3v) is 3.68. The molecule has 2 N–H and O–H groups in total. The summed E-state index contributed by atoms with van der Waals surface area (Å²) in [6.45, 7) is 3.46. The number of benzene rings is 1. The molecule has 0 aliphatic heterocycles. The van der Waals surface area contributed by atoms with Gasteiger partial charge in [-0.1, -0.05) is 13.0 Å². The summed E-state index contributed by atoms with van der Waals surface area (Å²) in [4.78, 5) is 13.6. The van der Waals surface area contributed by atoms with E-state index < -0.39 is 0 Å². The van der Waals surface area contributed by atoms with Crippen molar-refractivity contribution in [3.63, 3.8) is 0 Å². The van der Waals surface area contributed by atoms with Crippen molar-refractivity contribution in [2.75, 3.05) is 32.6 Å². The molecule has 0 aliphatic carbocycles. The van der Waals surface area contributed by atoms with E-state index in [4.69, 9.17) is 0 Å². The summed E-state index contributed by atoms with van der Waals surface area (Å²) in [5.74, 6) is 0.0219. The normalized spacial score (nSPS) is 12.1. The van der Waals surface area contributed by atoms with Crippen LogP contribution in [-0.2, 0) is 11.3 Å². The highest BCUT2D eigenvalue weighted by molar-refractivity contribution is 9.10. The number of hydrogen-bond donors (Lipinski definition) is 2. The fourth-order valence-corrected chi connectivity index (χ4v) is 2.74. The van der Waals surface area contributed by atoms with Crippen LogP contribution < -0.4 is 15.5 Å². The zero-order valence-electron chi connectivity index (χ0n) is 12.0. The topological polar surface area (TPSA) is 44.4 Å². The number of anilines is 1. The lowest BCUT2D eigenvalue weighted by molar-refractivity contribution is -0.123. The second kappa shape index (κ2) is 7.50. The molecular weight excluding hydrogens is 306 g/mol. The Kier molecular flexibility index (Phi) is 6.31. The number of halogens is 1. The summed E-state index contributed by atoms with van der Waals surface area (Å²) in [6.07, 6.45) is 0. The summed E-state index contributed by atoms with van der Waals surface area (Å²) in [5, 5.41) is 5.80. The quantitative estimate of drug-likeness (QED) is 0.839. The van der Waals surface area contributed by atoms with Gasteiger partial charge in [0, 0.05) is 31.7 Å². The van der Waals surface area contributed by atoms with Gasteiger partial charge in [-0.05, 0) is 40.7 Å². The molecule has 106 valence electrons. The SMILES string of the molecule is CNCc1ccc(N(C)CC(C)C(=O)NC)c(Br)c1. The maximum absolute atomic E-state index is 11.5. The van der Waals surface area contributed by atoms with Gasteiger partial charge in [0.2, 0.25) is 5.91 Å². The van der Waals surface area contributed by atoms with Gasteiger partial charge >= 0.3 is 0 Å². The fraction of sp³-hybridized carbons (Fsp3) is 0.500. The molecule has 1 atom stereocenters. The molecule has 4 nitrogen and oxygen atoms in total. The molecule has 0 aliphatic rings. The number of carbonyl (C=O) groups excluding carboxylic acids is 1. The van der Waals surface area contributed by atoms with Crippen molar-refractivity contribution in [3.8, 4) is 0 Å². The Morgan fingerprint density at radius 3 is 2.63 bits per heavy atom. The lowest BCUT2D eigenvalue weighted by atomic mass is 10.1. The summed E-state index contributed by atoms with van der Waals surface area (Å²) in [5.41, 5.74) is 2.32. The molecule has 0 saturated carbocycles. The van der Waals surface area contributed by atoms with Crippen LogP contribution in [0.4, 0.5) is 5.69 Å². The lowest BCUT2D eigenvalue weighted by Crippen LogP contribution is -2.34. The van der Waals surface area contributed by atoms with E-state index in [-0.39, 0.29) is 11.8 Å². The average molecular weight is 328 g/mol. The van der Waals surface area contributed by atoms with Crippen LogP contribution in [0.2, 0.25) is 0 Å². The Bertz CT molecular complexity index is 437. The number of nitrogens with zero attached hydrogens (tertiary/aromatic N) is 1. The van der Waals surface area contributed by atoms with Crippen LogP contribution >= 0.6 is 15.9 Å². The highest BCUT2D eigenvalue weighted by Crippen LogP contribution is 2.27. The Morgan fingerprint density at radius 1 is 1.42 bits per heavy atom. The van der Waals surface area contributed by atoms with E-state index in [1.165, 1.54) is 5.56 Å². The van der Waals surface area contributed by atoms with E-state index in [9.17, 15) is 4.79 Å². The molecule has 0 radical (unpaired) electrons. The number of carbonyl (C=O) groups is 1. The number of hydrogen-bond acceptors (Lipinski definition) is 3. The molecule has 0 saturated heterocycles. The maximum atomic E-state index is 11.5. The maximum Gasteiger partial charge on any atom is 0.224 e. The standard InChI is InChI=1S/C14H22BrN3O/c1-10(14(19)17-3)9-18(4)13-6-5-11(8-16-2)7-12(13)15/h5-7,10,16H,8-9H2,1-4H3,(H,17,19). The summed E-state index contributed by atoms with van der Waals surface area (Å²) in [7, 11) is 5.59. The molecule has 19 heavy (non-hydrogen) atoms. The number of amides is 1. The monoisotopic (exact) mass is 327 g/mol. The van der Waals surface area contributed by atoms with Crippen LogP contribution in [0.25, 0.3) is 0 Å². The van der Waals surface area contributed by atoms with Crippen LogP contribution in [0.3, 0.4) is 0 Å². The van der Waals surface area contributed by atoms with Crippen LogP contribution in [0.1, 0.15) is 12.5 Å². The van der Waals surface area contributed by atoms with Crippen LogP contribution in [-0.4, -0.2) is 33.6 Å². The van der Waals surface area contributed by atoms with E-state index in [1.807, 2.05) is 21.0 Å². The van der Waals surface area contributed by atoms with Crippen molar-refractivity contribution >= 4 is 27.5 Å². The second-order valence-electron chi connectivity index (χ2n) is 4.71. The molecule has 1 aromatic rings. The van der Waals surface area contributed by atoms with Gasteiger partial charge in [-0.2, -0.15) is 0 Å². The van der Waals surface area contributed by atoms with E-state index in [0.717, 1.165) is 16.7 Å². The van der Waals surface area contributed by atoms with Gasteiger partial charge in [0.15, 0.2) is 0 Å². The van der Waals surface area contributed by atoms with Gasteiger partial charge in [0.25, 0.3) is 0 Å². The minimum absolute atomic E-state index is 0.0427. The highest BCUT2D eigenvalue weighted by atomic mass is 79.9. The van der Waals surface area contributed by atoms with Crippen molar-refractivity contribution in [3.05, 3.63) is 28.2 Å². The van der Waals surface area contributed by atoms with Crippen molar-refractivity contribution in [2.24, 2.45) is 5.92 Å². The van der Waals surface area contributed by atoms with E-state index in [1.54, 1.807) is 7.05 Å². The Hall–Kier alpha value is -1.07. The van der Waals surface area contributed by atoms with E-state index >= 15 is 0 Å². The minimum Gasteiger partial charge on any atom is -0.373 e. The molecule has 1 aromatic carbocycles. The first-order chi connectivity index (χ1) is 8.99. The molecule has 0 fully saturated rings. The molecular formula is C14H22BrN3O. The summed E-state index contributed by atoms with van der Waals surface area (Å²) >= 11 is 3.59. The molecule has 5 heteroatoms. The summed E-state index contributed by atoms with van der Waals surface area (Å²) in [6, 6.07) is 6.28. The molecule has 0 spiro atoms. The second-order valence-corrected chi connectivity index (χ2v) is 5.57. The van der Waals surface area contributed by atoms with Crippen molar-refractivity contribution in [1.29, 1.82) is 0 Å². The number of rotatable bonds is 6. The predicted molar refractivity (Wildman–Crippen MR) is 83.4 cm³/mol. The molecule has 0 aromatic heterocycles. The number of nitrogens with one attached hydrogen (secondary N) is 2. The molecule has 0 bridgehead atoms. The van der Waals surface area contributed by atoms with Gasteiger partial charge in [0.1, 0.15) is 0 Å². The molecule has 1 unspecified atom stereocenters. The Labute approximate surface area is 123 Å². The highest BCUT2D eigenvalue weighted by Gasteiger charge is 2.15. The third kappa shape index (κ3) is 4.51. The largest absolute Gasteiger partial charge is 0.373 e. The van der Waals surface area contributed by atoms with Gasteiger partial charge in [-0.15, -0.1) is 0 Å². The van der Waals surface area contributed by atoms with Gasteiger partial charge in [-0.25, -0.2) is 0 Å². The third-order valence-electron chi connectivity index (χ3n) is 3.05. The van der Waals surface area contributed by atoms with Gasteiger partial charge < -0.3 is 15.5 Å². The van der Waals surface area contributed by atoms with Crippen LogP contribution in [0.15, 0.2) is 22.7 Å². The van der Waals surface area contributed by atoms with E-state index in [0.29, 0.717) is 6.54 Å². The molecule has 0 heterocycles. The summed E-state index contributed by atoms with van der Waals surface area (Å²) < 4.78 is 1.05. The molecule has 1 amide bonds. The minimum atomic E-state index is -0.0427. The predicted octanol–water partition coefficient (Wildman–Crippen LogP) is 1.99. The smallest absolute Gasteiger partial charge is 0.224 e. The fourth-order valence-electron chi connectivity index (χ4n) is 2.01. The van der Waals surface area contributed by atoms with E-state index in [2.05, 4.69) is 49.7 Å². The first-order valence-electron chi connectivity index (χ1n) is 6.35. The Morgan fingerprint density at radius 2 is 2.11 bits per heavy atom. The van der Waals surface area contributed by atoms with Crippen molar-refractivity contribution < 1.29 is 4.79 Å². The van der Waals surface area contributed by atoms with Crippen molar-refractivity contribution in [1.82, 2.24) is 10.6 Å². The first-order valence-corrected chi connectivity index (χ1v) is 7.14.